The van der Waals surface area contributed by atoms with E-state index >= 15 is 0 Å². The van der Waals surface area contributed by atoms with Crippen molar-refractivity contribution in [2.75, 3.05) is 13.1 Å². The second kappa shape index (κ2) is 7.74. The zero-order chi connectivity index (χ0) is 17.8. The summed E-state index contributed by atoms with van der Waals surface area (Å²) in [5, 5.41) is 8.95. The van der Waals surface area contributed by atoms with E-state index in [1.807, 2.05) is 6.20 Å². The Bertz CT molecular complexity index is 703. The average Bonchev–Trinajstić information content (AvgIpc) is 2.63. The van der Waals surface area contributed by atoms with E-state index in [0.717, 1.165) is 23.4 Å². The molecule has 0 bridgehead atoms. The van der Waals surface area contributed by atoms with E-state index in [1.54, 1.807) is 30.5 Å². The molecule has 1 saturated heterocycles. The fraction of sp³-hybridized carbons (Fsp3) is 0.450. The summed E-state index contributed by atoms with van der Waals surface area (Å²) in [5.74, 6) is -0.235. The quantitative estimate of drug-likeness (QED) is 0.903. The van der Waals surface area contributed by atoms with Crippen LogP contribution < -0.4 is 0 Å². The number of rotatable bonds is 5. The molecule has 5 heteroatoms. The Labute approximate surface area is 148 Å². The van der Waals surface area contributed by atoms with Crippen molar-refractivity contribution in [2.24, 2.45) is 5.92 Å². The van der Waals surface area contributed by atoms with Gasteiger partial charge in [0, 0.05) is 17.8 Å². The fourth-order valence-corrected chi connectivity index (χ4v) is 3.36. The first-order valence-corrected chi connectivity index (χ1v) is 8.91. The molecule has 0 atom stereocenters. The first kappa shape index (κ1) is 17.5. The second-order valence-electron chi connectivity index (χ2n) is 7.05. The molecule has 0 amide bonds. The predicted molar refractivity (Wildman–Crippen MR) is 97.6 cm³/mol. The largest absolute Gasteiger partial charge is 0.478 e. The summed E-state index contributed by atoms with van der Waals surface area (Å²) in [5.41, 5.74) is 2.97. The smallest absolute Gasteiger partial charge is 0.335 e. The first-order chi connectivity index (χ1) is 12.0. The normalized spacial score (nSPS) is 16.3. The Morgan fingerprint density at radius 3 is 2.36 bits per heavy atom. The van der Waals surface area contributed by atoms with Crippen molar-refractivity contribution in [1.82, 2.24) is 14.9 Å². The summed E-state index contributed by atoms with van der Waals surface area (Å²) in [6, 6.07) is 7.36. The molecule has 3 rings (SSSR count). The van der Waals surface area contributed by atoms with Crippen LogP contribution in [0.25, 0.3) is 11.3 Å². The number of likely N-dealkylation sites (tertiary alicyclic amines) is 1. The Hall–Kier alpha value is -2.27. The molecule has 1 N–H and O–H groups in total. The van der Waals surface area contributed by atoms with Crippen LogP contribution in [-0.2, 0) is 6.42 Å². The van der Waals surface area contributed by atoms with E-state index in [9.17, 15) is 4.79 Å². The highest BCUT2D eigenvalue weighted by atomic mass is 16.4. The molecule has 0 radical (unpaired) electrons. The van der Waals surface area contributed by atoms with Gasteiger partial charge in [0.05, 0.1) is 23.1 Å². The van der Waals surface area contributed by atoms with Gasteiger partial charge in [-0.1, -0.05) is 12.1 Å². The van der Waals surface area contributed by atoms with Gasteiger partial charge in [0.2, 0.25) is 0 Å². The maximum Gasteiger partial charge on any atom is 0.335 e. The predicted octanol–water partition coefficient (Wildman–Crippen LogP) is 3.50. The molecule has 1 aromatic heterocycles. The number of hydrogen-bond donors (Lipinski definition) is 1. The summed E-state index contributed by atoms with van der Waals surface area (Å²) >= 11 is 0. The van der Waals surface area contributed by atoms with Crippen molar-refractivity contribution in [3.8, 4) is 11.3 Å². The zero-order valence-corrected chi connectivity index (χ0v) is 14.9. The van der Waals surface area contributed by atoms with Crippen LogP contribution in [0.2, 0.25) is 0 Å². The van der Waals surface area contributed by atoms with E-state index in [1.165, 1.54) is 25.9 Å². The highest BCUT2D eigenvalue weighted by molar-refractivity contribution is 5.88. The van der Waals surface area contributed by atoms with Crippen molar-refractivity contribution < 1.29 is 9.90 Å². The van der Waals surface area contributed by atoms with Crippen molar-refractivity contribution in [3.05, 3.63) is 47.9 Å². The molecule has 2 aromatic rings. The lowest BCUT2D eigenvalue weighted by Crippen LogP contribution is -2.38. The van der Waals surface area contributed by atoms with Gasteiger partial charge < -0.3 is 10.0 Å². The van der Waals surface area contributed by atoms with Crippen LogP contribution >= 0.6 is 0 Å². The third-order valence-electron chi connectivity index (χ3n) is 5.01. The van der Waals surface area contributed by atoms with E-state index < -0.39 is 5.97 Å². The van der Waals surface area contributed by atoms with Crippen LogP contribution in [0, 0.1) is 5.92 Å². The number of carboxylic acids is 1. The molecule has 1 aliphatic heterocycles. The topological polar surface area (TPSA) is 66.3 Å². The molecule has 1 aromatic carbocycles. The molecular formula is C20H25N3O2. The molecular weight excluding hydrogens is 314 g/mol. The van der Waals surface area contributed by atoms with E-state index in [2.05, 4.69) is 28.7 Å². The molecule has 132 valence electrons. The summed E-state index contributed by atoms with van der Waals surface area (Å²) in [7, 11) is 0. The SMILES string of the molecule is CC(C)N1CCC(Cc2cnc(-c3ccc(C(=O)O)cc3)cn2)CC1. The number of aromatic carboxylic acids is 1. The lowest BCUT2D eigenvalue weighted by molar-refractivity contribution is 0.0697. The number of aromatic nitrogens is 2. The summed E-state index contributed by atoms with van der Waals surface area (Å²) in [6.07, 6.45) is 7.07. The Balaban J connectivity index is 1.60. The summed E-state index contributed by atoms with van der Waals surface area (Å²) in [4.78, 5) is 22.5. The van der Waals surface area contributed by atoms with Crippen molar-refractivity contribution >= 4 is 5.97 Å². The molecule has 25 heavy (non-hydrogen) atoms. The van der Waals surface area contributed by atoms with Gasteiger partial charge in [-0.3, -0.25) is 9.97 Å². The monoisotopic (exact) mass is 339 g/mol. The molecule has 1 aliphatic rings. The molecule has 2 heterocycles. The van der Waals surface area contributed by atoms with Gasteiger partial charge >= 0.3 is 5.97 Å². The minimum absolute atomic E-state index is 0.279. The fourth-order valence-electron chi connectivity index (χ4n) is 3.36. The van der Waals surface area contributed by atoms with Gasteiger partial charge in [0.1, 0.15) is 0 Å². The van der Waals surface area contributed by atoms with Crippen LogP contribution in [0.15, 0.2) is 36.7 Å². The standard InChI is InChI=1S/C20H25N3O2/c1-14(2)23-9-7-15(8-10-23)11-18-12-22-19(13-21-18)16-3-5-17(6-4-16)20(24)25/h3-6,12-15H,7-11H2,1-2H3,(H,24,25). The maximum absolute atomic E-state index is 10.9. The van der Waals surface area contributed by atoms with E-state index in [4.69, 9.17) is 5.11 Å². The average molecular weight is 339 g/mol. The second-order valence-corrected chi connectivity index (χ2v) is 7.05. The molecule has 1 fully saturated rings. The van der Waals surface area contributed by atoms with Gasteiger partial charge in [-0.2, -0.15) is 0 Å². The Kier molecular flexibility index (Phi) is 5.43. The number of carbonyl (C=O) groups is 1. The number of hydrogen-bond acceptors (Lipinski definition) is 4. The minimum atomic E-state index is -0.920. The Morgan fingerprint density at radius 1 is 1.16 bits per heavy atom. The summed E-state index contributed by atoms with van der Waals surface area (Å²) in [6.45, 7) is 6.86. The van der Waals surface area contributed by atoms with Gasteiger partial charge in [0.25, 0.3) is 0 Å². The van der Waals surface area contributed by atoms with Crippen LogP contribution in [0.4, 0.5) is 0 Å². The van der Waals surface area contributed by atoms with Gasteiger partial charge in [0.15, 0.2) is 0 Å². The van der Waals surface area contributed by atoms with E-state index in [-0.39, 0.29) is 5.56 Å². The lowest BCUT2D eigenvalue weighted by Gasteiger charge is -2.34. The van der Waals surface area contributed by atoms with Gasteiger partial charge in [-0.25, -0.2) is 4.79 Å². The minimum Gasteiger partial charge on any atom is -0.478 e. The summed E-state index contributed by atoms with van der Waals surface area (Å²) < 4.78 is 0. The van der Waals surface area contributed by atoms with Gasteiger partial charge in [-0.05, 0) is 64.3 Å². The van der Waals surface area contributed by atoms with Gasteiger partial charge in [-0.15, -0.1) is 0 Å². The molecule has 0 saturated carbocycles. The molecule has 0 spiro atoms. The number of nitrogens with zero attached hydrogens (tertiary/aromatic N) is 3. The van der Waals surface area contributed by atoms with Crippen molar-refractivity contribution in [2.45, 2.75) is 39.2 Å². The van der Waals surface area contributed by atoms with Crippen LogP contribution in [0.1, 0.15) is 42.7 Å². The first-order valence-electron chi connectivity index (χ1n) is 8.91. The highest BCUT2D eigenvalue weighted by Crippen LogP contribution is 2.23. The molecule has 5 nitrogen and oxygen atoms in total. The third kappa shape index (κ3) is 4.42. The number of carboxylic acid groups (broad SMARTS) is 1. The van der Waals surface area contributed by atoms with Crippen molar-refractivity contribution in [3.63, 3.8) is 0 Å². The van der Waals surface area contributed by atoms with Crippen LogP contribution in [-0.4, -0.2) is 45.1 Å². The van der Waals surface area contributed by atoms with Crippen LogP contribution in [0.3, 0.4) is 0 Å². The molecule has 0 unspecified atom stereocenters. The number of piperidine rings is 1. The van der Waals surface area contributed by atoms with E-state index in [0.29, 0.717) is 12.0 Å². The zero-order valence-electron chi connectivity index (χ0n) is 14.9. The van der Waals surface area contributed by atoms with Crippen molar-refractivity contribution in [1.29, 1.82) is 0 Å². The maximum atomic E-state index is 10.9. The highest BCUT2D eigenvalue weighted by Gasteiger charge is 2.21. The third-order valence-corrected chi connectivity index (χ3v) is 5.01. The number of benzene rings is 1. The molecule has 0 aliphatic carbocycles. The lowest BCUT2D eigenvalue weighted by atomic mass is 9.91. The van der Waals surface area contributed by atoms with Crippen LogP contribution in [0.5, 0.6) is 0 Å². The Morgan fingerprint density at radius 2 is 1.84 bits per heavy atom.